The van der Waals surface area contributed by atoms with Crippen LogP contribution >= 0.6 is 24.8 Å². The molecular formula is C23H28N4O2S2. The van der Waals surface area contributed by atoms with E-state index in [-0.39, 0.29) is 25.5 Å². The maximum atomic E-state index is 13.3. The lowest BCUT2D eigenvalue weighted by molar-refractivity contribution is 0.0990. The molecule has 0 radical (unpaired) electrons. The van der Waals surface area contributed by atoms with Gasteiger partial charge in [-0.25, -0.2) is 0 Å². The summed E-state index contributed by atoms with van der Waals surface area (Å²) < 4.78 is 6.36. The summed E-state index contributed by atoms with van der Waals surface area (Å²) in [4.78, 5) is 22.5. The second-order valence-corrected chi connectivity index (χ2v) is 8.26. The molecule has 1 N–H and O–H groups in total. The lowest BCUT2D eigenvalue weighted by atomic mass is 10.2. The summed E-state index contributed by atoms with van der Waals surface area (Å²) in [7, 11) is 3.95. The van der Waals surface area contributed by atoms with Crippen LogP contribution in [0.2, 0.25) is 0 Å². The third-order valence-corrected chi connectivity index (χ3v) is 6.23. The second-order valence-electron chi connectivity index (χ2n) is 7.28. The van der Waals surface area contributed by atoms with E-state index < -0.39 is 0 Å². The number of rotatable bonds is 7. The fraction of sp³-hybridized carbons (Fsp3) is 0.304. The predicted molar refractivity (Wildman–Crippen MR) is 132 cm³/mol. The van der Waals surface area contributed by atoms with Crippen molar-refractivity contribution in [3.05, 3.63) is 70.7 Å². The molecule has 6 nitrogen and oxygen atoms in total. The number of ether oxygens (including phenoxy) is 1. The third-order valence-electron chi connectivity index (χ3n) is 5.27. The van der Waals surface area contributed by atoms with Crippen LogP contribution in [-0.2, 0) is 0 Å². The van der Waals surface area contributed by atoms with Gasteiger partial charge in [-0.3, -0.25) is 9.78 Å². The highest BCUT2D eigenvalue weighted by atomic mass is 32.1. The van der Waals surface area contributed by atoms with Crippen LogP contribution in [0.25, 0.3) is 0 Å². The van der Waals surface area contributed by atoms with Crippen molar-refractivity contribution in [3.8, 4) is 5.75 Å². The summed E-state index contributed by atoms with van der Waals surface area (Å²) in [6.07, 6.45) is 4.22. The van der Waals surface area contributed by atoms with Crippen LogP contribution in [0, 0.1) is 0 Å². The molecule has 3 aromatic rings. The minimum Gasteiger partial charge on any atom is -0.485 e. The van der Waals surface area contributed by atoms with Crippen molar-refractivity contribution in [2.24, 2.45) is 0 Å². The summed E-state index contributed by atoms with van der Waals surface area (Å²) >= 11 is 1.70. The maximum absolute atomic E-state index is 13.3. The van der Waals surface area contributed by atoms with E-state index >= 15 is 0 Å². The topological polar surface area (TPSA) is 57.7 Å². The van der Waals surface area contributed by atoms with Gasteiger partial charge >= 0.3 is 0 Å². The molecule has 1 atom stereocenters. The average molecular weight is 457 g/mol. The molecule has 1 amide bonds. The molecular weight excluding hydrogens is 428 g/mol. The van der Waals surface area contributed by atoms with Crippen LogP contribution in [0.3, 0.4) is 0 Å². The number of nitrogens with one attached hydrogen (secondary N) is 1. The van der Waals surface area contributed by atoms with E-state index in [1.165, 1.54) is 4.88 Å². The van der Waals surface area contributed by atoms with Crippen molar-refractivity contribution < 1.29 is 9.53 Å². The lowest BCUT2D eigenvalue weighted by Crippen LogP contribution is -2.33. The minimum atomic E-state index is -0.0374. The number of carbonyl (C=O) groups excluding carboxylic acids is 1. The summed E-state index contributed by atoms with van der Waals surface area (Å²) in [5, 5.41) is 5.27. The number of aromatic nitrogens is 1. The first-order chi connectivity index (χ1) is 14.7. The van der Waals surface area contributed by atoms with Gasteiger partial charge in [0.15, 0.2) is 0 Å². The minimum absolute atomic E-state index is 0. The summed E-state index contributed by atoms with van der Waals surface area (Å²) in [5.41, 5.74) is 2.37. The molecule has 0 aliphatic carbocycles. The Morgan fingerprint density at radius 3 is 2.87 bits per heavy atom. The van der Waals surface area contributed by atoms with Crippen molar-refractivity contribution >= 4 is 42.1 Å². The Bertz CT molecular complexity index is 997. The highest BCUT2D eigenvalue weighted by Gasteiger charge is 2.26. The molecule has 0 spiro atoms. The molecule has 0 bridgehead atoms. The molecule has 31 heavy (non-hydrogen) atoms. The zero-order valence-electron chi connectivity index (χ0n) is 17.7. The van der Waals surface area contributed by atoms with Gasteiger partial charge in [0.2, 0.25) is 0 Å². The van der Waals surface area contributed by atoms with Crippen LogP contribution in [0.15, 0.2) is 60.2 Å². The molecule has 0 saturated heterocycles. The zero-order valence-corrected chi connectivity index (χ0v) is 19.6. The number of thiophene rings is 1. The first kappa shape index (κ1) is 23.1. The highest BCUT2D eigenvalue weighted by Crippen LogP contribution is 2.32. The maximum Gasteiger partial charge on any atom is 0.262 e. The molecule has 0 unspecified atom stereocenters. The molecule has 0 saturated carbocycles. The molecule has 1 aromatic carbocycles. The average Bonchev–Trinajstić information content (AvgIpc) is 3.27. The molecule has 0 fully saturated rings. The number of pyridine rings is 1. The number of fused-ring (bicyclic) bond motifs is 1. The van der Waals surface area contributed by atoms with Gasteiger partial charge in [0.05, 0.1) is 11.3 Å². The number of hydrogen-bond donors (Lipinski definition) is 1. The molecule has 1 aliphatic heterocycles. The van der Waals surface area contributed by atoms with Gasteiger partial charge in [-0.05, 0) is 43.2 Å². The number of carbonyl (C=O) groups is 1. The highest BCUT2D eigenvalue weighted by molar-refractivity contribution is 7.59. The van der Waals surface area contributed by atoms with Gasteiger partial charge in [-0.1, -0.05) is 12.1 Å². The number of nitrogens with zero attached hydrogens (tertiary/aromatic N) is 3. The molecule has 2 aromatic heterocycles. The van der Waals surface area contributed by atoms with Gasteiger partial charge in [-0.2, -0.15) is 13.5 Å². The standard InChI is InChI=1S/C23H26N4O2S.H2S/c1-24-10-9-21(22-7-4-14-30-22)29-18-6-3-5-17(15-18)27-13-12-26(2)20-8-11-25-16-19(20)23(27)28;/h3-8,11,14-16,21,24H,9-10,12-13H2,1-2H3;1H2/t21-;/m0./s1. The van der Waals surface area contributed by atoms with Crippen molar-refractivity contribution in [2.45, 2.75) is 12.5 Å². The summed E-state index contributed by atoms with van der Waals surface area (Å²) in [6.45, 7) is 2.21. The van der Waals surface area contributed by atoms with E-state index in [1.807, 2.05) is 55.4 Å². The molecule has 164 valence electrons. The van der Waals surface area contributed by atoms with E-state index in [2.05, 4.69) is 26.6 Å². The molecule has 1 aliphatic rings. The van der Waals surface area contributed by atoms with Crippen molar-refractivity contribution in [2.75, 3.05) is 43.5 Å². The predicted octanol–water partition coefficient (Wildman–Crippen LogP) is 4.08. The summed E-state index contributed by atoms with van der Waals surface area (Å²) in [6, 6.07) is 13.9. The van der Waals surface area contributed by atoms with Crippen LogP contribution in [0.5, 0.6) is 5.75 Å². The fourth-order valence-electron chi connectivity index (χ4n) is 3.65. The van der Waals surface area contributed by atoms with E-state index in [0.717, 1.165) is 36.6 Å². The lowest BCUT2D eigenvalue weighted by Gasteiger charge is -2.23. The number of benzene rings is 1. The number of amides is 1. The number of hydrogen-bond acceptors (Lipinski definition) is 6. The third kappa shape index (κ3) is 5.20. The van der Waals surface area contributed by atoms with Gasteiger partial charge in [0.1, 0.15) is 11.9 Å². The van der Waals surface area contributed by atoms with Crippen LogP contribution in [0.1, 0.15) is 27.8 Å². The zero-order chi connectivity index (χ0) is 20.9. The van der Waals surface area contributed by atoms with Crippen LogP contribution < -0.4 is 19.9 Å². The van der Waals surface area contributed by atoms with E-state index in [1.54, 1.807) is 23.7 Å². The number of anilines is 2. The molecule has 8 heteroatoms. The van der Waals surface area contributed by atoms with Crippen LogP contribution in [-0.4, -0.2) is 44.6 Å². The fourth-order valence-corrected chi connectivity index (χ4v) is 4.44. The Labute approximate surface area is 194 Å². The monoisotopic (exact) mass is 456 g/mol. The SMILES string of the molecule is CNCC[C@H](Oc1cccc(N2CCN(C)c3ccncc3C2=O)c1)c1cccs1.S. The van der Waals surface area contributed by atoms with E-state index in [9.17, 15) is 4.79 Å². The van der Waals surface area contributed by atoms with Crippen molar-refractivity contribution in [3.63, 3.8) is 0 Å². The van der Waals surface area contributed by atoms with E-state index in [0.29, 0.717) is 12.1 Å². The van der Waals surface area contributed by atoms with Gasteiger partial charge in [-0.15, -0.1) is 11.3 Å². The van der Waals surface area contributed by atoms with Crippen molar-refractivity contribution in [1.29, 1.82) is 0 Å². The number of likely N-dealkylation sites (N-methyl/N-ethyl adjacent to an activating group) is 1. The van der Waals surface area contributed by atoms with E-state index in [4.69, 9.17) is 4.74 Å². The normalized spacial score (nSPS) is 14.5. The Kier molecular flexibility index (Phi) is 7.95. The molecule has 3 heterocycles. The van der Waals surface area contributed by atoms with Crippen molar-refractivity contribution in [1.82, 2.24) is 10.3 Å². The molecule has 4 rings (SSSR count). The van der Waals surface area contributed by atoms with Gasteiger partial charge in [0.25, 0.3) is 5.91 Å². The first-order valence-corrected chi connectivity index (χ1v) is 11.0. The Balaban J connectivity index is 0.00000272. The largest absolute Gasteiger partial charge is 0.485 e. The first-order valence-electron chi connectivity index (χ1n) is 10.1. The Hall–Kier alpha value is -2.55. The smallest absolute Gasteiger partial charge is 0.262 e. The quantitative estimate of drug-likeness (QED) is 0.581. The van der Waals surface area contributed by atoms with Gasteiger partial charge in [0, 0.05) is 55.6 Å². The van der Waals surface area contributed by atoms with Gasteiger partial charge < -0.3 is 19.9 Å². The second kappa shape index (κ2) is 10.7. The summed E-state index contributed by atoms with van der Waals surface area (Å²) in [5.74, 6) is 0.725. The Morgan fingerprint density at radius 2 is 2.10 bits per heavy atom. The Morgan fingerprint density at radius 1 is 1.23 bits per heavy atom. The van der Waals surface area contributed by atoms with Crippen LogP contribution in [0.4, 0.5) is 11.4 Å².